The molecule has 0 aliphatic heterocycles. The van der Waals surface area contributed by atoms with Crippen LogP contribution >= 0.6 is 0 Å². The normalized spacial score (nSPS) is 10.3. The van der Waals surface area contributed by atoms with Crippen LogP contribution in [0, 0.1) is 0 Å². The van der Waals surface area contributed by atoms with Crippen LogP contribution in [0.2, 0.25) is 0 Å². The lowest BCUT2D eigenvalue weighted by Crippen LogP contribution is -1.88. The number of aromatic nitrogens is 1. The maximum atomic E-state index is 5.61. The Morgan fingerprint density at radius 1 is 1.00 bits per heavy atom. The molecule has 0 aliphatic carbocycles. The topological polar surface area (TPSA) is 64.9 Å². The quantitative estimate of drug-likeness (QED) is 0.571. The number of nitrogen functional groups attached to an aromatic ring is 2. The second-order valence-electron chi connectivity index (χ2n) is 2.72. The van der Waals surface area contributed by atoms with Crippen molar-refractivity contribution in [2.24, 2.45) is 0 Å². The van der Waals surface area contributed by atoms with Crippen LogP contribution in [0.15, 0.2) is 30.5 Å². The molecule has 2 aromatic rings. The summed E-state index contributed by atoms with van der Waals surface area (Å²) >= 11 is 0. The summed E-state index contributed by atoms with van der Waals surface area (Å²) in [7, 11) is 0. The Kier molecular flexibility index (Phi) is 1.37. The number of nitrogens with zero attached hydrogens (tertiary/aromatic N) is 1. The Bertz CT molecular complexity index is 386. The van der Waals surface area contributed by atoms with E-state index in [0.29, 0.717) is 5.69 Å². The smallest absolute Gasteiger partial charge is 0.0705 e. The van der Waals surface area contributed by atoms with Crippen LogP contribution in [0.4, 0.5) is 11.4 Å². The van der Waals surface area contributed by atoms with Crippen LogP contribution in [0.3, 0.4) is 0 Å². The summed E-state index contributed by atoms with van der Waals surface area (Å²) in [6.07, 6.45) is 1.64. The minimum absolute atomic E-state index is 0.660. The van der Waals surface area contributed by atoms with E-state index < -0.39 is 0 Å². The second-order valence-corrected chi connectivity index (χ2v) is 2.72. The summed E-state index contributed by atoms with van der Waals surface area (Å²) in [5.41, 5.74) is 13.5. The van der Waals surface area contributed by atoms with Gasteiger partial charge in [-0.2, -0.15) is 0 Å². The molecule has 3 heteroatoms. The summed E-state index contributed by atoms with van der Waals surface area (Å²) in [5, 5.41) is 0.981. The molecular formula is C9H9N3. The molecule has 60 valence electrons. The molecule has 0 saturated heterocycles. The molecule has 1 aromatic heterocycles. The maximum Gasteiger partial charge on any atom is 0.0705 e. The standard InChI is InChI=1S/C9H9N3/c10-7-1-2-9-6(3-7)4-8(11)5-12-9/h1-5H,10-11H2. The zero-order valence-electron chi connectivity index (χ0n) is 6.49. The fourth-order valence-electron chi connectivity index (χ4n) is 1.17. The van der Waals surface area contributed by atoms with Gasteiger partial charge in [0.15, 0.2) is 0 Å². The number of hydrogen-bond donors (Lipinski definition) is 2. The molecular weight excluding hydrogens is 150 g/mol. The molecule has 12 heavy (non-hydrogen) atoms. The first-order valence-corrected chi connectivity index (χ1v) is 3.66. The van der Waals surface area contributed by atoms with Crippen LogP contribution in [-0.4, -0.2) is 4.98 Å². The summed E-state index contributed by atoms with van der Waals surface area (Å²) in [4.78, 5) is 4.14. The number of fused-ring (bicyclic) bond motifs is 1. The van der Waals surface area contributed by atoms with Crippen molar-refractivity contribution in [2.45, 2.75) is 0 Å². The fourth-order valence-corrected chi connectivity index (χ4v) is 1.17. The first-order valence-electron chi connectivity index (χ1n) is 3.66. The molecule has 3 nitrogen and oxygen atoms in total. The van der Waals surface area contributed by atoms with Crippen molar-refractivity contribution in [3.05, 3.63) is 30.5 Å². The molecule has 0 fully saturated rings. The van der Waals surface area contributed by atoms with E-state index >= 15 is 0 Å². The Balaban J connectivity index is 2.80. The van der Waals surface area contributed by atoms with Gasteiger partial charge in [0.2, 0.25) is 0 Å². The zero-order valence-corrected chi connectivity index (χ0v) is 6.49. The molecule has 0 aliphatic rings. The molecule has 0 saturated carbocycles. The SMILES string of the molecule is Nc1ccc2ncc(N)cc2c1. The van der Waals surface area contributed by atoms with Gasteiger partial charge in [-0.3, -0.25) is 4.98 Å². The van der Waals surface area contributed by atoms with Gasteiger partial charge >= 0.3 is 0 Å². The lowest BCUT2D eigenvalue weighted by atomic mass is 10.2. The lowest BCUT2D eigenvalue weighted by Gasteiger charge is -1.98. The minimum atomic E-state index is 0.660. The van der Waals surface area contributed by atoms with Gasteiger partial charge in [0.05, 0.1) is 17.4 Å². The van der Waals surface area contributed by atoms with Gasteiger partial charge in [-0.25, -0.2) is 0 Å². The number of anilines is 2. The van der Waals surface area contributed by atoms with E-state index in [-0.39, 0.29) is 0 Å². The molecule has 1 aromatic carbocycles. The van der Waals surface area contributed by atoms with Crippen molar-refractivity contribution in [1.82, 2.24) is 4.98 Å². The number of rotatable bonds is 0. The van der Waals surface area contributed by atoms with Gasteiger partial charge in [0, 0.05) is 11.1 Å². The average Bonchev–Trinajstić information content (AvgIpc) is 2.03. The molecule has 0 unspecified atom stereocenters. The van der Waals surface area contributed by atoms with E-state index in [2.05, 4.69) is 4.98 Å². The summed E-state index contributed by atoms with van der Waals surface area (Å²) in [5.74, 6) is 0. The predicted octanol–water partition coefficient (Wildman–Crippen LogP) is 1.40. The maximum absolute atomic E-state index is 5.61. The monoisotopic (exact) mass is 159 g/mol. The van der Waals surface area contributed by atoms with E-state index in [9.17, 15) is 0 Å². The lowest BCUT2D eigenvalue weighted by molar-refractivity contribution is 1.41. The van der Waals surface area contributed by atoms with Gasteiger partial charge in [-0.1, -0.05) is 0 Å². The van der Waals surface area contributed by atoms with Crippen molar-refractivity contribution >= 4 is 22.3 Å². The van der Waals surface area contributed by atoms with Crippen LogP contribution in [0.25, 0.3) is 10.9 Å². The molecule has 1 heterocycles. The van der Waals surface area contributed by atoms with Gasteiger partial charge in [0.25, 0.3) is 0 Å². The van der Waals surface area contributed by atoms with Crippen molar-refractivity contribution < 1.29 is 0 Å². The van der Waals surface area contributed by atoms with E-state index in [0.717, 1.165) is 16.6 Å². The van der Waals surface area contributed by atoms with E-state index in [1.807, 2.05) is 24.3 Å². The third kappa shape index (κ3) is 1.05. The molecule has 4 N–H and O–H groups in total. The predicted molar refractivity (Wildman–Crippen MR) is 50.6 cm³/mol. The third-order valence-corrected chi connectivity index (χ3v) is 1.73. The first kappa shape index (κ1) is 6.91. The van der Waals surface area contributed by atoms with Gasteiger partial charge < -0.3 is 11.5 Å². The van der Waals surface area contributed by atoms with Crippen LogP contribution in [-0.2, 0) is 0 Å². The fraction of sp³-hybridized carbons (Fsp3) is 0. The van der Waals surface area contributed by atoms with Gasteiger partial charge in [-0.05, 0) is 24.3 Å². The Hall–Kier alpha value is -1.77. The van der Waals surface area contributed by atoms with Crippen molar-refractivity contribution in [3.63, 3.8) is 0 Å². The molecule has 0 bridgehead atoms. The highest BCUT2D eigenvalue weighted by Gasteiger charge is 1.94. The van der Waals surface area contributed by atoms with Crippen molar-refractivity contribution in [1.29, 1.82) is 0 Å². The summed E-state index contributed by atoms with van der Waals surface area (Å²) in [6, 6.07) is 7.42. The van der Waals surface area contributed by atoms with E-state index in [1.54, 1.807) is 6.20 Å². The zero-order chi connectivity index (χ0) is 8.55. The average molecular weight is 159 g/mol. The van der Waals surface area contributed by atoms with E-state index in [1.165, 1.54) is 0 Å². The van der Waals surface area contributed by atoms with Crippen molar-refractivity contribution in [2.75, 3.05) is 11.5 Å². The summed E-state index contributed by atoms with van der Waals surface area (Å²) in [6.45, 7) is 0. The Morgan fingerprint density at radius 2 is 1.75 bits per heavy atom. The molecule has 0 amide bonds. The van der Waals surface area contributed by atoms with Crippen LogP contribution in [0.5, 0.6) is 0 Å². The summed E-state index contributed by atoms with van der Waals surface area (Å²) < 4.78 is 0. The molecule has 2 rings (SSSR count). The molecule has 0 radical (unpaired) electrons. The van der Waals surface area contributed by atoms with Crippen LogP contribution < -0.4 is 11.5 Å². The molecule has 0 atom stereocenters. The largest absolute Gasteiger partial charge is 0.399 e. The highest BCUT2D eigenvalue weighted by atomic mass is 14.7. The van der Waals surface area contributed by atoms with Crippen LogP contribution in [0.1, 0.15) is 0 Å². The first-order chi connectivity index (χ1) is 5.75. The number of hydrogen-bond acceptors (Lipinski definition) is 3. The van der Waals surface area contributed by atoms with Crippen molar-refractivity contribution in [3.8, 4) is 0 Å². The number of nitrogens with two attached hydrogens (primary N) is 2. The minimum Gasteiger partial charge on any atom is -0.399 e. The molecule has 0 spiro atoms. The highest BCUT2D eigenvalue weighted by molar-refractivity contribution is 5.83. The van der Waals surface area contributed by atoms with E-state index in [4.69, 9.17) is 11.5 Å². The Morgan fingerprint density at radius 3 is 2.58 bits per heavy atom. The third-order valence-electron chi connectivity index (χ3n) is 1.73. The van der Waals surface area contributed by atoms with Gasteiger partial charge in [-0.15, -0.1) is 0 Å². The van der Waals surface area contributed by atoms with Gasteiger partial charge in [0.1, 0.15) is 0 Å². The highest BCUT2D eigenvalue weighted by Crippen LogP contribution is 2.16. The number of pyridine rings is 1. The Labute approximate surface area is 70.0 Å². The number of benzene rings is 1. The second kappa shape index (κ2) is 2.37.